The molecule has 190 valence electrons. The van der Waals surface area contributed by atoms with E-state index in [4.69, 9.17) is 4.74 Å². The minimum atomic E-state index is -0.688. The number of nitrogens with one attached hydrogen (secondary N) is 3. The number of carbonyl (C=O) groups is 3. The molecule has 0 saturated heterocycles. The minimum absolute atomic E-state index is 0.0617. The van der Waals surface area contributed by atoms with E-state index in [1.165, 1.54) is 0 Å². The lowest BCUT2D eigenvalue weighted by molar-refractivity contribution is -0.129. The Morgan fingerprint density at radius 2 is 1.51 bits per heavy atom. The summed E-state index contributed by atoms with van der Waals surface area (Å²) >= 11 is 0. The second-order valence-electron chi connectivity index (χ2n) is 9.19. The zero-order chi connectivity index (χ0) is 25.5. The molecule has 2 aromatic carbocycles. The Kier molecular flexibility index (Phi) is 12.4. The zero-order valence-corrected chi connectivity index (χ0v) is 21.1. The van der Waals surface area contributed by atoms with Crippen molar-refractivity contribution in [3.63, 3.8) is 0 Å². The number of ether oxygens (including phenoxy) is 1. The van der Waals surface area contributed by atoms with Gasteiger partial charge < -0.3 is 20.7 Å². The molecule has 0 saturated carbocycles. The molecule has 0 heterocycles. The molecule has 7 heteroatoms. The number of amides is 3. The van der Waals surface area contributed by atoms with Crippen LogP contribution >= 0.6 is 0 Å². The van der Waals surface area contributed by atoms with Gasteiger partial charge in [-0.2, -0.15) is 0 Å². The first-order chi connectivity index (χ1) is 16.9. The number of carbonyl (C=O) groups excluding carboxylic acids is 3. The van der Waals surface area contributed by atoms with Gasteiger partial charge in [-0.3, -0.25) is 9.59 Å². The minimum Gasteiger partial charge on any atom is -0.445 e. The van der Waals surface area contributed by atoms with E-state index < -0.39 is 18.2 Å². The molecule has 7 nitrogen and oxygen atoms in total. The van der Waals surface area contributed by atoms with Crippen LogP contribution in [0.5, 0.6) is 0 Å². The first kappa shape index (κ1) is 27.9. The van der Waals surface area contributed by atoms with Crippen LogP contribution in [0.2, 0.25) is 0 Å². The maximum atomic E-state index is 12.9. The summed E-state index contributed by atoms with van der Waals surface area (Å²) in [6, 6.07) is 17.9. The smallest absolute Gasteiger partial charge is 0.407 e. The van der Waals surface area contributed by atoms with Crippen molar-refractivity contribution in [1.82, 2.24) is 16.0 Å². The van der Waals surface area contributed by atoms with Gasteiger partial charge in [0.25, 0.3) is 0 Å². The van der Waals surface area contributed by atoms with E-state index >= 15 is 0 Å². The van der Waals surface area contributed by atoms with Crippen molar-refractivity contribution in [2.75, 3.05) is 6.54 Å². The molecule has 2 aromatic rings. The summed E-state index contributed by atoms with van der Waals surface area (Å²) in [5, 5.41) is 8.62. The highest BCUT2D eigenvalue weighted by molar-refractivity contribution is 5.88. The number of hydrogen-bond donors (Lipinski definition) is 3. The number of hydrogen-bond acceptors (Lipinski definition) is 4. The summed E-state index contributed by atoms with van der Waals surface area (Å²) in [4.78, 5) is 38.1. The second-order valence-corrected chi connectivity index (χ2v) is 9.19. The molecule has 0 fully saturated rings. The van der Waals surface area contributed by atoms with Crippen molar-refractivity contribution >= 4 is 17.9 Å². The van der Waals surface area contributed by atoms with Gasteiger partial charge >= 0.3 is 6.09 Å². The average molecular weight is 482 g/mol. The van der Waals surface area contributed by atoms with Gasteiger partial charge in [0.15, 0.2) is 0 Å². The van der Waals surface area contributed by atoms with E-state index in [2.05, 4.69) is 22.9 Å². The van der Waals surface area contributed by atoms with Gasteiger partial charge in [0.1, 0.15) is 12.6 Å². The molecular weight excluding hydrogens is 442 g/mol. The first-order valence-electron chi connectivity index (χ1n) is 12.5. The summed E-state index contributed by atoms with van der Waals surface area (Å²) in [6.45, 7) is 6.84. The molecule has 2 rings (SSSR count). The largest absolute Gasteiger partial charge is 0.445 e. The van der Waals surface area contributed by atoms with E-state index in [1.54, 1.807) is 0 Å². The topological polar surface area (TPSA) is 96.5 Å². The number of alkyl carbamates (subject to hydrolysis) is 1. The lowest BCUT2D eigenvalue weighted by Gasteiger charge is -2.23. The van der Waals surface area contributed by atoms with Crippen LogP contribution in [0, 0.1) is 5.92 Å². The molecule has 3 N–H and O–H groups in total. The van der Waals surface area contributed by atoms with Crippen LogP contribution in [0.15, 0.2) is 60.7 Å². The van der Waals surface area contributed by atoms with Gasteiger partial charge in [0.2, 0.25) is 11.8 Å². The van der Waals surface area contributed by atoms with E-state index in [0.717, 1.165) is 24.0 Å². The maximum Gasteiger partial charge on any atom is 0.407 e. The standard InChI is InChI=1S/C28H39N3O4/c1-4-5-16-29-27(33)25(18-22-12-8-6-9-13-22)31-26(32)19-24(17-21(2)3)30-28(34)35-20-23-14-10-7-11-15-23/h6-15,21,24-25H,4-5,16-20H2,1-3H3,(H,29,33)(H,30,34)(H,31,32). The third-order valence-corrected chi connectivity index (χ3v) is 5.49. The zero-order valence-electron chi connectivity index (χ0n) is 21.1. The SMILES string of the molecule is CCCCNC(=O)C(Cc1ccccc1)NC(=O)CC(CC(C)C)NC(=O)OCc1ccccc1. The van der Waals surface area contributed by atoms with E-state index in [-0.39, 0.29) is 30.8 Å². The quantitative estimate of drug-likeness (QED) is 0.349. The van der Waals surface area contributed by atoms with Crippen molar-refractivity contribution < 1.29 is 19.1 Å². The fourth-order valence-electron chi connectivity index (χ4n) is 3.74. The maximum absolute atomic E-state index is 12.9. The van der Waals surface area contributed by atoms with Gasteiger partial charge in [-0.05, 0) is 29.9 Å². The predicted molar refractivity (Wildman–Crippen MR) is 138 cm³/mol. The van der Waals surface area contributed by atoms with Crippen LogP contribution < -0.4 is 16.0 Å². The molecule has 0 spiro atoms. The van der Waals surface area contributed by atoms with Gasteiger partial charge in [-0.25, -0.2) is 4.79 Å². The van der Waals surface area contributed by atoms with Crippen LogP contribution in [0.3, 0.4) is 0 Å². The lowest BCUT2D eigenvalue weighted by atomic mass is 10.00. The summed E-state index contributed by atoms with van der Waals surface area (Å²) in [5.74, 6) is -0.225. The van der Waals surface area contributed by atoms with Gasteiger partial charge in [0, 0.05) is 25.4 Å². The van der Waals surface area contributed by atoms with Crippen molar-refractivity contribution in [1.29, 1.82) is 0 Å². The highest BCUT2D eigenvalue weighted by Gasteiger charge is 2.24. The average Bonchev–Trinajstić information content (AvgIpc) is 2.83. The van der Waals surface area contributed by atoms with Crippen molar-refractivity contribution in [3.05, 3.63) is 71.8 Å². The first-order valence-corrected chi connectivity index (χ1v) is 12.5. The van der Waals surface area contributed by atoms with Crippen LogP contribution in [0.4, 0.5) is 4.79 Å². The molecule has 0 bridgehead atoms. The Morgan fingerprint density at radius 1 is 0.886 bits per heavy atom. The Balaban J connectivity index is 1.97. The van der Waals surface area contributed by atoms with E-state index in [1.807, 2.05) is 74.5 Å². The van der Waals surface area contributed by atoms with Crippen LogP contribution in [-0.4, -0.2) is 36.5 Å². The molecule has 2 unspecified atom stereocenters. The number of benzene rings is 2. The summed E-state index contributed by atoms with van der Waals surface area (Å²) < 4.78 is 5.33. The summed E-state index contributed by atoms with van der Waals surface area (Å²) in [6.07, 6.45) is 2.35. The molecule has 0 aliphatic heterocycles. The lowest BCUT2D eigenvalue weighted by Crippen LogP contribution is -2.50. The molecule has 2 atom stereocenters. The third kappa shape index (κ3) is 11.6. The Morgan fingerprint density at radius 3 is 2.11 bits per heavy atom. The highest BCUT2D eigenvalue weighted by atomic mass is 16.5. The van der Waals surface area contributed by atoms with Gasteiger partial charge in [-0.1, -0.05) is 87.9 Å². The van der Waals surface area contributed by atoms with Crippen molar-refractivity contribution in [3.8, 4) is 0 Å². The van der Waals surface area contributed by atoms with Gasteiger partial charge in [0.05, 0.1) is 0 Å². The summed E-state index contributed by atoms with van der Waals surface area (Å²) in [7, 11) is 0. The molecule has 3 amide bonds. The molecule has 0 aliphatic carbocycles. The van der Waals surface area contributed by atoms with Crippen LogP contribution in [0.1, 0.15) is 57.6 Å². The van der Waals surface area contributed by atoms with Crippen LogP contribution in [-0.2, 0) is 27.4 Å². The fourth-order valence-corrected chi connectivity index (χ4v) is 3.74. The van der Waals surface area contributed by atoms with Crippen LogP contribution in [0.25, 0.3) is 0 Å². The molecular formula is C28H39N3O4. The second kappa shape index (κ2) is 15.5. The van der Waals surface area contributed by atoms with Gasteiger partial charge in [-0.15, -0.1) is 0 Å². The molecule has 35 heavy (non-hydrogen) atoms. The van der Waals surface area contributed by atoms with Crippen molar-refractivity contribution in [2.45, 2.75) is 71.6 Å². The number of unbranched alkanes of at least 4 members (excludes halogenated alkanes) is 1. The highest BCUT2D eigenvalue weighted by Crippen LogP contribution is 2.10. The van der Waals surface area contributed by atoms with E-state index in [9.17, 15) is 14.4 Å². The molecule has 0 aromatic heterocycles. The Bertz CT molecular complexity index is 903. The fraction of sp³-hybridized carbons (Fsp3) is 0.464. The summed E-state index contributed by atoms with van der Waals surface area (Å²) in [5.41, 5.74) is 1.85. The molecule has 0 aliphatic rings. The Hall–Kier alpha value is -3.35. The third-order valence-electron chi connectivity index (χ3n) is 5.49. The number of rotatable bonds is 14. The Labute approximate surface area is 209 Å². The van der Waals surface area contributed by atoms with Crippen molar-refractivity contribution in [2.24, 2.45) is 5.92 Å². The van der Waals surface area contributed by atoms with E-state index in [0.29, 0.717) is 19.4 Å². The monoisotopic (exact) mass is 481 g/mol. The normalized spacial score (nSPS) is 12.5. The predicted octanol–water partition coefficient (Wildman–Crippen LogP) is 4.36. The molecule has 0 radical (unpaired) electrons.